The van der Waals surface area contributed by atoms with Gasteiger partial charge in [0, 0.05) is 43.6 Å². The van der Waals surface area contributed by atoms with Crippen molar-refractivity contribution in [1.82, 2.24) is 0 Å². The van der Waals surface area contributed by atoms with Gasteiger partial charge in [-0.05, 0) is 70.3 Å². The van der Waals surface area contributed by atoms with Crippen LogP contribution in [0.15, 0.2) is 131 Å². The summed E-state index contributed by atoms with van der Waals surface area (Å²) in [6.45, 7) is 4.67. The Kier molecular flexibility index (Phi) is 5.40. The van der Waals surface area contributed by atoms with Gasteiger partial charge in [-0.15, -0.1) is 11.8 Å². The van der Waals surface area contributed by atoms with Crippen molar-refractivity contribution in [3.63, 3.8) is 0 Å². The summed E-state index contributed by atoms with van der Waals surface area (Å²) in [4.78, 5) is 3.70. The highest BCUT2D eigenvalue weighted by Gasteiger charge is 2.36. The van der Waals surface area contributed by atoms with Crippen LogP contribution in [0.25, 0.3) is 33.1 Å². The molecule has 0 N–H and O–H groups in total. The predicted molar refractivity (Wildman–Crippen MR) is 182 cm³/mol. The van der Waals surface area contributed by atoms with Gasteiger partial charge in [0.05, 0.1) is 10.7 Å². The third kappa shape index (κ3) is 3.62. The van der Waals surface area contributed by atoms with Crippen molar-refractivity contribution in [3.8, 4) is 11.1 Å². The number of halogens is 1. The molecule has 0 saturated carbocycles. The summed E-state index contributed by atoms with van der Waals surface area (Å²) < 4.78 is 6.59. The van der Waals surface area contributed by atoms with E-state index in [1.807, 2.05) is 30.0 Å². The average Bonchev–Trinajstić information content (AvgIpc) is 3.66. The fourth-order valence-electron chi connectivity index (χ4n) is 7.39. The summed E-state index contributed by atoms with van der Waals surface area (Å²) in [5.74, 6) is 0.424. The molecule has 4 heteroatoms. The lowest BCUT2D eigenvalue weighted by Crippen LogP contribution is -2.16. The van der Waals surface area contributed by atoms with E-state index in [0.717, 1.165) is 39.0 Å². The summed E-state index contributed by atoms with van der Waals surface area (Å²) in [6, 6.07) is 35.0. The van der Waals surface area contributed by atoms with E-state index in [1.165, 1.54) is 32.7 Å². The molecular weight excluding hydrogens is 566 g/mol. The summed E-state index contributed by atoms with van der Waals surface area (Å²) >= 11 is 8.68. The first kappa shape index (κ1) is 25.3. The van der Waals surface area contributed by atoms with Gasteiger partial charge < -0.3 is 9.32 Å². The second-order valence-electron chi connectivity index (χ2n) is 12.2. The number of benzene rings is 5. The van der Waals surface area contributed by atoms with Crippen LogP contribution < -0.4 is 4.90 Å². The Hall–Kier alpha value is -4.18. The van der Waals surface area contributed by atoms with Crippen LogP contribution in [0.5, 0.6) is 0 Å². The van der Waals surface area contributed by atoms with Crippen molar-refractivity contribution < 1.29 is 4.42 Å². The molecule has 9 rings (SSSR count). The molecule has 2 atom stereocenters. The highest BCUT2D eigenvalue weighted by atomic mass is 35.5. The predicted octanol–water partition coefficient (Wildman–Crippen LogP) is 11.7. The van der Waals surface area contributed by atoms with E-state index < -0.39 is 0 Å². The topological polar surface area (TPSA) is 16.4 Å². The van der Waals surface area contributed by atoms with Crippen LogP contribution >= 0.6 is 23.4 Å². The maximum Gasteiger partial charge on any atom is 0.159 e. The fourth-order valence-corrected chi connectivity index (χ4v) is 9.03. The molecule has 0 radical (unpaired) electrons. The number of fused-ring (bicyclic) bond motifs is 9. The van der Waals surface area contributed by atoms with Gasteiger partial charge in [-0.1, -0.05) is 104 Å². The standard InChI is InChI=1S/C39H28ClNOS/c1-39(2)30-12-5-3-9-25(30)26-19-17-23(21-31(26)39)41(24-18-20-28-27-10-4-6-16-35(27)43-36(28)22-24)33-14-7-11-29-37-32(40)13-8-15-34(37)42-38(29)33/h3-22,27,35H,1-2H3. The first-order valence-corrected chi connectivity index (χ1v) is 16.0. The molecule has 43 heavy (non-hydrogen) atoms. The zero-order valence-corrected chi connectivity index (χ0v) is 25.4. The molecule has 2 aliphatic carbocycles. The minimum atomic E-state index is -0.103. The van der Waals surface area contributed by atoms with Crippen LogP contribution in [-0.4, -0.2) is 5.25 Å². The smallest absolute Gasteiger partial charge is 0.159 e. The van der Waals surface area contributed by atoms with Gasteiger partial charge in [0.1, 0.15) is 5.58 Å². The Balaban J connectivity index is 1.28. The van der Waals surface area contributed by atoms with Crippen molar-refractivity contribution in [3.05, 3.63) is 143 Å². The number of nitrogens with zero attached hydrogens (tertiary/aromatic N) is 1. The van der Waals surface area contributed by atoms with E-state index in [1.54, 1.807) is 0 Å². The minimum Gasteiger partial charge on any atom is -0.454 e. The molecule has 2 unspecified atom stereocenters. The van der Waals surface area contributed by atoms with Gasteiger partial charge in [0.2, 0.25) is 0 Å². The SMILES string of the molecule is CC1(C)c2ccccc2-c2ccc(N(c3ccc4c(c3)SC3C=CC=CC43)c3cccc4c3oc3cccc(Cl)c34)cc21. The lowest BCUT2D eigenvalue weighted by molar-refractivity contribution is 0.660. The van der Waals surface area contributed by atoms with Crippen molar-refractivity contribution in [2.45, 2.75) is 35.3 Å². The van der Waals surface area contributed by atoms with Gasteiger partial charge in [-0.2, -0.15) is 0 Å². The Morgan fingerprint density at radius 1 is 0.767 bits per heavy atom. The molecule has 0 fully saturated rings. The molecular formula is C39H28ClNOS. The van der Waals surface area contributed by atoms with Gasteiger partial charge in [0.15, 0.2) is 5.58 Å². The Morgan fingerprint density at radius 3 is 2.49 bits per heavy atom. The molecule has 3 aliphatic rings. The summed E-state index contributed by atoms with van der Waals surface area (Å²) in [6.07, 6.45) is 9.01. The largest absolute Gasteiger partial charge is 0.454 e. The number of para-hydroxylation sites is 1. The van der Waals surface area contributed by atoms with E-state index in [-0.39, 0.29) is 5.41 Å². The second kappa shape index (κ2) is 9.16. The number of thioether (sulfide) groups is 1. The zero-order chi connectivity index (χ0) is 28.9. The van der Waals surface area contributed by atoms with Crippen LogP contribution in [0.1, 0.15) is 36.5 Å². The molecule has 0 bridgehead atoms. The molecule has 0 amide bonds. The average molecular weight is 594 g/mol. The number of anilines is 3. The lowest BCUT2D eigenvalue weighted by atomic mass is 9.82. The summed E-state index contributed by atoms with van der Waals surface area (Å²) in [5, 5.41) is 3.13. The first-order chi connectivity index (χ1) is 21.0. The number of allylic oxidation sites excluding steroid dienone is 3. The van der Waals surface area contributed by atoms with Crippen molar-refractivity contribution in [2.24, 2.45) is 0 Å². The molecule has 208 valence electrons. The highest BCUT2D eigenvalue weighted by Crippen LogP contribution is 2.53. The second-order valence-corrected chi connectivity index (χ2v) is 13.8. The monoisotopic (exact) mass is 593 g/mol. The van der Waals surface area contributed by atoms with Crippen LogP contribution in [0.3, 0.4) is 0 Å². The molecule has 1 aromatic heterocycles. The number of furan rings is 1. The third-order valence-corrected chi connectivity index (χ3v) is 11.1. The number of hydrogen-bond donors (Lipinski definition) is 0. The van der Waals surface area contributed by atoms with E-state index in [2.05, 4.69) is 122 Å². The molecule has 1 aliphatic heterocycles. The van der Waals surface area contributed by atoms with Gasteiger partial charge in [0.25, 0.3) is 0 Å². The normalized spacial score (nSPS) is 19.0. The maximum absolute atomic E-state index is 6.72. The molecule has 0 spiro atoms. The van der Waals surface area contributed by atoms with Gasteiger partial charge in [-0.25, -0.2) is 0 Å². The van der Waals surface area contributed by atoms with E-state index in [0.29, 0.717) is 16.2 Å². The van der Waals surface area contributed by atoms with Crippen LogP contribution in [0.2, 0.25) is 5.02 Å². The molecule has 2 heterocycles. The Bertz CT molecular complexity index is 2190. The van der Waals surface area contributed by atoms with Crippen molar-refractivity contribution >= 4 is 62.4 Å². The van der Waals surface area contributed by atoms with E-state index in [4.69, 9.17) is 16.0 Å². The van der Waals surface area contributed by atoms with Crippen LogP contribution in [0.4, 0.5) is 17.1 Å². The van der Waals surface area contributed by atoms with E-state index in [9.17, 15) is 0 Å². The van der Waals surface area contributed by atoms with Crippen molar-refractivity contribution in [1.29, 1.82) is 0 Å². The van der Waals surface area contributed by atoms with E-state index >= 15 is 0 Å². The van der Waals surface area contributed by atoms with Crippen LogP contribution in [-0.2, 0) is 5.41 Å². The third-order valence-electron chi connectivity index (χ3n) is 9.48. The fraction of sp³-hybridized carbons (Fsp3) is 0.128. The van der Waals surface area contributed by atoms with Crippen molar-refractivity contribution in [2.75, 3.05) is 4.90 Å². The molecule has 5 aromatic carbocycles. The summed E-state index contributed by atoms with van der Waals surface area (Å²) in [5.41, 5.74) is 11.5. The number of rotatable bonds is 3. The minimum absolute atomic E-state index is 0.103. The quantitative estimate of drug-likeness (QED) is 0.203. The molecule has 6 aromatic rings. The maximum atomic E-state index is 6.72. The highest BCUT2D eigenvalue weighted by molar-refractivity contribution is 8.00. The first-order valence-electron chi connectivity index (χ1n) is 14.8. The summed E-state index contributed by atoms with van der Waals surface area (Å²) in [7, 11) is 0. The van der Waals surface area contributed by atoms with Gasteiger partial charge >= 0.3 is 0 Å². The molecule has 0 saturated heterocycles. The zero-order valence-electron chi connectivity index (χ0n) is 23.8. The lowest BCUT2D eigenvalue weighted by Gasteiger charge is -2.28. The Morgan fingerprint density at radius 2 is 1.56 bits per heavy atom. The van der Waals surface area contributed by atoms with Gasteiger partial charge in [-0.3, -0.25) is 0 Å². The van der Waals surface area contributed by atoms with Crippen LogP contribution in [0, 0.1) is 0 Å². The number of hydrogen-bond acceptors (Lipinski definition) is 3. The Labute approximate surface area is 260 Å². The molecule has 2 nitrogen and oxygen atoms in total.